The first-order chi connectivity index (χ1) is 13.8. The van der Waals surface area contributed by atoms with E-state index in [9.17, 15) is 19.9 Å². The second-order valence-corrected chi connectivity index (χ2v) is 8.00. The number of carboxylic acid groups (broad SMARTS) is 2. The van der Waals surface area contributed by atoms with Gasteiger partial charge in [0.15, 0.2) is 11.9 Å². The molecule has 8 heteroatoms. The molecule has 1 aliphatic heterocycles. The number of unbranched alkanes of at least 4 members (excludes halogenated alkanes) is 8. The number of hydrogen-bond donors (Lipinski definition) is 2. The van der Waals surface area contributed by atoms with Crippen LogP contribution in [0.3, 0.4) is 0 Å². The van der Waals surface area contributed by atoms with Crippen molar-refractivity contribution in [1.29, 1.82) is 0 Å². The van der Waals surface area contributed by atoms with E-state index >= 15 is 0 Å². The number of aliphatic carboxylic acids is 2. The van der Waals surface area contributed by atoms with Gasteiger partial charge in [0.1, 0.15) is 13.2 Å². The summed E-state index contributed by atoms with van der Waals surface area (Å²) in [5.74, 6) is -1.90. The minimum atomic E-state index is -1.22. The van der Waals surface area contributed by atoms with E-state index in [0.717, 1.165) is 19.3 Å². The average Bonchev–Trinajstić information content (AvgIpc) is 3.04. The van der Waals surface area contributed by atoms with Crippen LogP contribution >= 0.6 is 0 Å². The standard InChI is InChI=1S/C21H38N2O6/c1-3-4-5-6-7-8-9-10-11-12-19-22-13-14-23(19,28)18(21(26)27)15-17(2)29-16-20(24)25/h17-18H,3-16H2,1-2H3,(H,24,25)(H,26,27). The van der Waals surface area contributed by atoms with E-state index in [2.05, 4.69) is 11.9 Å². The number of quaternary nitrogens is 1. The van der Waals surface area contributed by atoms with Gasteiger partial charge in [-0.2, -0.15) is 0 Å². The van der Waals surface area contributed by atoms with E-state index in [1.807, 2.05) is 0 Å². The van der Waals surface area contributed by atoms with Gasteiger partial charge in [-0.25, -0.2) is 14.6 Å². The Labute approximate surface area is 174 Å². The maximum Gasteiger partial charge on any atom is 0.363 e. The number of hydrogen-bond acceptors (Lipinski definition) is 5. The highest BCUT2D eigenvalue weighted by Crippen LogP contribution is 2.26. The van der Waals surface area contributed by atoms with Gasteiger partial charge >= 0.3 is 11.9 Å². The fraction of sp³-hybridized carbons (Fsp3) is 0.857. The minimum absolute atomic E-state index is 0.0388. The summed E-state index contributed by atoms with van der Waals surface area (Å²) in [6, 6.07) is -1.22. The van der Waals surface area contributed by atoms with E-state index in [1.165, 1.54) is 38.5 Å². The number of carboxylic acids is 2. The number of carbonyl (C=O) groups is 2. The molecule has 8 nitrogen and oxygen atoms in total. The monoisotopic (exact) mass is 414 g/mol. The van der Waals surface area contributed by atoms with Crippen LogP contribution in [0.5, 0.6) is 0 Å². The van der Waals surface area contributed by atoms with Crippen molar-refractivity contribution < 1.29 is 29.2 Å². The molecule has 0 aromatic heterocycles. The molecule has 0 amide bonds. The molecule has 0 saturated heterocycles. The Balaban J connectivity index is 2.46. The molecule has 3 unspecified atom stereocenters. The quantitative estimate of drug-likeness (QED) is 0.211. The van der Waals surface area contributed by atoms with Gasteiger partial charge in [-0.3, -0.25) is 0 Å². The highest BCUT2D eigenvalue weighted by Gasteiger charge is 2.42. The van der Waals surface area contributed by atoms with Crippen molar-refractivity contribution in [2.75, 3.05) is 19.7 Å². The second-order valence-electron chi connectivity index (χ2n) is 8.00. The first kappa shape index (κ1) is 25.5. The van der Waals surface area contributed by atoms with Crippen LogP contribution in [-0.2, 0) is 14.3 Å². The van der Waals surface area contributed by atoms with E-state index in [4.69, 9.17) is 9.84 Å². The van der Waals surface area contributed by atoms with E-state index in [0.29, 0.717) is 18.8 Å². The molecule has 0 aromatic carbocycles. The molecule has 0 bridgehead atoms. The summed E-state index contributed by atoms with van der Waals surface area (Å²) in [6.45, 7) is 3.75. The van der Waals surface area contributed by atoms with Gasteiger partial charge in [-0.1, -0.05) is 58.3 Å². The molecular formula is C21H38N2O6. The lowest BCUT2D eigenvalue weighted by atomic mass is 10.0. The predicted octanol–water partition coefficient (Wildman–Crippen LogP) is 3.97. The Morgan fingerprint density at radius 2 is 1.69 bits per heavy atom. The van der Waals surface area contributed by atoms with E-state index in [-0.39, 0.29) is 13.0 Å². The SMILES string of the molecule is CCCCCCCCCCCC1=NCC[N+]1([O-])C(CC(C)OCC(=O)O)C(=O)O. The molecule has 1 heterocycles. The molecule has 1 rings (SSSR count). The molecule has 168 valence electrons. The fourth-order valence-corrected chi connectivity index (χ4v) is 3.82. The summed E-state index contributed by atoms with van der Waals surface area (Å²) in [4.78, 5) is 26.7. The number of aliphatic imine (C=N–C) groups is 1. The third-order valence-electron chi connectivity index (χ3n) is 5.50. The van der Waals surface area contributed by atoms with Crippen LogP contribution in [0.15, 0.2) is 4.99 Å². The van der Waals surface area contributed by atoms with Crippen LogP contribution in [0.4, 0.5) is 0 Å². The zero-order valence-electron chi connectivity index (χ0n) is 18.0. The third kappa shape index (κ3) is 9.23. The highest BCUT2D eigenvalue weighted by atomic mass is 16.6. The van der Waals surface area contributed by atoms with Crippen molar-refractivity contribution in [3.8, 4) is 0 Å². The maximum atomic E-state index is 13.4. The predicted molar refractivity (Wildman–Crippen MR) is 112 cm³/mol. The molecule has 0 saturated carbocycles. The fourth-order valence-electron chi connectivity index (χ4n) is 3.82. The Kier molecular flexibility index (Phi) is 12.0. The molecule has 0 fully saturated rings. The number of amidine groups is 1. The summed E-state index contributed by atoms with van der Waals surface area (Å²) >= 11 is 0. The molecule has 3 atom stereocenters. The molecule has 0 radical (unpaired) electrons. The molecule has 0 aromatic rings. The van der Waals surface area contributed by atoms with Crippen molar-refractivity contribution in [1.82, 2.24) is 0 Å². The summed E-state index contributed by atoms with van der Waals surface area (Å²) in [6.07, 6.45) is 10.4. The minimum Gasteiger partial charge on any atom is -0.626 e. The Morgan fingerprint density at radius 1 is 1.10 bits per heavy atom. The largest absolute Gasteiger partial charge is 0.626 e. The number of hydroxylamine groups is 3. The van der Waals surface area contributed by atoms with Gasteiger partial charge < -0.3 is 24.8 Å². The van der Waals surface area contributed by atoms with Gasteiger partial charge in [0.2, 0.25) is 0 Å². The average molecular weight is 415 g/mol. The molecule has 2 N–H and O–H groups in total. The molecular weight excluding hydrogens is 376 g/mol. The summed E-state index contributed by atoms with van der Waals surface area (Å²) in [5.41, 5.74) is 0. The van der Waals surface area contributed by atoms with Gasteiger partial charge in [0.25, 0.3) is 0 Å². The Morgan fingerprint density at radius 3 is 2.24 bits per heavy atom. The summed E-state index contributed by atoms with van der Waals surface area (Å²) < 4.78 is 4.20. The second kappa shape index (κ2) is 13.7. The molecule has 29 heavy (non-hydrogen) atoms. The van der Waals surface area contributed by atoms with Crippen molar-refractivity contribution in [3.63, 3.8) is 0 Å². The van der Waals surface area contributed by atoms with Crippen LogP contribution in [0, 0.1) is 5.21 Å². The molecule has 0 spiro atoms. The van der Waals surface area contributed by atoms with Crippen molar-refractivity contribution in [2.24, 2.45) is 4.99 Å². The summed E-state index contributed by atoms with van der Waals surface area (Å²) in [7, 11) is 0. The smallest absolute Gasteiger partial charge is 0.363 e. The Bertz CT molecular complexity index is 539. The van der Waals surface area contributed by atoms with Crippen LogP contribution in [0.25, 0.3) is 0 Å². The van der Waals surface area contributed by atoms with E-state index in [1.54, 1.807) is 6.92 Å². The van der Waals surface area contributed by atoms with Gasteiger partial charge in [-0.05, 0) is 13.3 Å². The first-order valence-electron chi connectivity index (χ1n) is 11.0. The zero-order chi connectivity index (χ0) is 21.7. The van der Waals surface area contributed by atoms with Crippen LogP contribution in [0.1, 0.15) is 84.5 Å². The topological polar surface area (TPSA) is 119 Å². The third-order valence-corrected chi connectivity index (χ3v) is 5.50. The van der Waals surface area contributed by atoms with Crippen molar-refractivity contribution in [3.05, 3.63) is 5.21 Å². The van der Waals surface area contributed by atoms with Crippen molar-refractivity contribution >= 4 is 17.8 Å². The Hall–Kier alpha value is -1.51. The number of ether oxygens (including phenoxy) is 1. The normalized spacial score (nSPS) is 21.0. The lowest BCUT2D eigenvalue weighted by Crippen LogP contribution is -2.57. The lowest BCUT2D eigenvalue weighted by molar-refractivity contribution is -0.803. The summed E-state index contributed by atoms with van der Waals surface area (Å²) in [5, 5.41) is 31.7. The first-order valence-corrected chi connectivity index (χ1v) is 11.0. The van der Waals surface area contributed by atoms with Gasteiger partial charge in [0.05, 0.1) is 12.6 Å². The van der Waals surface area contributed by atoms with Gasteiger partial charge in [-0.15, -0.1) is 0 Å². The number of nitrogens with zero attached hydrogens (tertiary/aromatic N) is 2. The zero-order valence-corrected chi connectivity index (χ0v) is 18.0. The maximum absolute atomic E-state index is 13.4. The van der Waals surface area contributed by atoms with Crippen LogP contribution in [0.2, 0.25) is 0 Å². The van der Waals surface area contributed by atoms with Gasteiger partial charge in [0, 0.05) is 12.8 Å². The van der Waals surface area contributed by atoms with Crippen LogP contribution in [-0.4, -0.2) is 64.5 Å². The molecule has 1 aliphatic rings. The highest BCUT2D eigenvalue weighted by molar-refractivity contribution is 5.82. The van der Waals surface area contributed by atoms with Crippen LogP contribution < -0.4 is 0 Å². The lowest BCUT2D eigenvalue weighted by Gasteiger charge is -2.44. The molecule has 0 aliphatic carbocycles. The van der Waals surface area contributed by atoms with E-state index < -0.39 is 35.3 Å². The van der Waals surface area contributed by atoms with Crippen molar-refractivity contribution in [2.45, 2.75) is 96.6 Å². The number of rotatable bonds is 17.